The lowest BCUT2D eigenvalue weighted by Gasteiger charge is -2.40. The molecule has 8 heteroatoms. The summed E-state index contributed by atoms with van der Waals surface area (Å²) in [6.45, 7) is 5.16. The standard InChI is InChI=1S/C28H37F2N3O3/c1-28(2,20-34)23-9-6-13-31(19-23)18-22-10-11-24(17-25(22)36-26(29)30)33-16-15-32(27(33)35)14-12-21-7-4-3-5-8-21/h3-5,7-8,10-11,17,23,26,34H,6,9,12-16,18-20H2,1-2H3/t23-/m0/s1. The van der Waals surface area contributed by atoms with E-state index in [0.29, 0.717) is 43.3 Å². The molecule has 36 heavy (non-hydrogen) atoms. The molecular formula is C28H37F2N3O3. The van der Waals surface area contributed by atoms with E-state index in [0.717, 1.165) is 32.4 Å². The van der Waals surface area contributed by atoms with Gasteiger partial charge in [-0.15, -0.1) is 0 Å². The van der Waals surface area contributed by atoms with Gasteiger partial charge in [0.1, 0.15) is 5.75 Å². The summed E-state index contributed by atoms with van der Waals surface area (Å²) in [5.41, 5.74) is 2.23. The number of piperidine rings is 1. The Morgan fingerprint density at radius 3 is 2.61 bits per heavy atom. The molecule has 2 heterocycles. The molecule has 2 aromatic carbocycles. The maximum atomic E-state index is 13.3. The number of anilines is 1. The number of aliphatic hydroxyl groups excluding tert-OH is 1. The summed E-state index contributed by atoms with van der Waals surface area (Å²) in [7, 11) is 0. The highest BCUT2D eigenvalue weighted by molar-refractivity contribution is 5.94. The molecule has 0 aromatic heterocycles. The van der Waals surface area contributed by atoms with Crippen molar-refractivity contribution in [2.24, 2.45) is 11.3 Å². The molecule has 0 spiro atoms. The van der Waals surface area contributed by atoms with Crippen molar-refractivity contribution >= 4 is 11.7 Å². The van der Waals surface area contributed by atoms with E-state index >= 15 is 0 Å². The van der Waals surface area contributed by atoms with Crippen LogP contribution in [0.3, 0.4) is 0 Å². The average molecular weight is 502 g/mol. The van der Waals surface area contributed by atoms with E-state index in [1.807, 2.05) is 36.4 Å². The first-order chi connectivity index (χ1) is 17.3. The Morgan fingerprint density at radius 1 is 1.11 bits per heavy atom. The van der Waals surface area contributed by atoms with E-state index in [4.69, 9.17) is 4.74 Å². The summed E-state index contributed by atoms with van der Waals surface area (Å²) >= 11 is 0. The Kier molecular flexibility index (Phi) is 8.46. The number of halogens is 2. The number of aliphatic hydroxyl groups is 1. The van der Waals surface area contributed by atoms with Crippen LogP contribution in [-0.2, 0) is 13.0 Å². The van der Waals surface area contributed by atoms with Gasteiger partial charge in [-0.3, -0.25) is 9.80 Å². The smallest absolute Gasteiger partial charge is 0.387 e. The number of ether oxygens (including phenoxy) is 1. The van der Waals surface area contributed by atoms with Crippen LogP contribution in [-0.4, -0.2) is 66.9 Å². The number of urea groups is 1. The predicted octanol–water partition coefficient (Wildman–Crippen LogP) is 5.00. The highest BCUT2D eigenvalue weighted by Crippen LogP contribution is 2.35. The van der Waals surface area contributed by atoms with Crippen molar-refractivity contribution in [3.8, 4) is 5.75 Å². The van der Waals surface area contributed by atoms with Crippen LogP contribution >= 0.6 is 0 Å². The van der Waals surface area contributed by atoms with Crippen LogP contribution in [0.5, 0.6) is 5.75 Å². The van der Waals surface area contributed by atoms with Gasteiger partial charge in [-0.2, -0.15) is 8.78 Å². The first kappa shape index (κ1) is 26.4. The zero-order valence-electron chi connectivity index (χ0n) is 21.2. The van der Waals surface area contributed by atoms with Gasteiger partial charge < -0.3 is 14.7 Å². The lowest BCUT2D eigenvalue weighted by atomic mass is 9.75. The molecule has 2 saturated heterocycles. The minimum Gasteiger partial charge on any atom is -0.434 e. The van der Waals surface area contributed by atoms with Gasteiger partial charge in [-0.1, -0.05) is 50.2 Å². The summed E-state index contributed by atoms with van der Waals surface area (Å²) in [5, 5.41) is 9.77. The van der Waals surface area contributed by atoms with Gasteiger partial charge in [-0.05, 0) is 48.8 Å². The van der Waals surface area contributed by atoms with Gasteiger partial charge >= 0.3 is 12.6 Å². The Bertz CT molecular complexity index is 1020. The molecule has 2 aliphatic heterocycles. The number of alkyl halides is 2. The second-order valence-electron chi connectivity index (χ2n) is 10.5. The average Bonchev–Trinajstić information content (AvgIpc) is 3.24. The zero-order valence-corrected chi connectivity index (χ0v) is 21.2. The molecule has 0 aliphatic carbocycles. The number of rotatable bonds is 10. The Labute approximate surface area is 212 Å². The zero-order chi connectivity index (χ0) is 25.7. The summed E-state index contributed by atoms with van der Waals surface area (Å²) in [5.74, 6) is 0.445. The minimum atomic E-state index is -2.95. The second kappa shape index (κ2) is 11.6. The fourth-order valence-corrected chi connectivity index (χ4v) is 5.19. The number of benzene rings is 2. The third-order valence-electron chi connectivity index (χ3n) is 7.60. The van der Waals surface area contributed by atoms with Gasteiger partial charge in [0.15, 0.2) is 0 Å². The fraction of sp³-hybridized carbons (Fsp3) is 0.536. The van der Waals surface area contributed by atoms with Crippen molar-refractivity contribution in [2.75, 3.05) is 44.2 Å². The number of carbonyl (C=O) groups excluding carboxylic acids is 1. The topological polar surface area (TPSA) is 56.2 Å². The van der Waals surface area contributed by atoms with Gasteiger partial charge in [0.05, 0.1) is 0 Å². The summed E-state index contributed by atoms with van der Waals surface area (Å²) in [6, 6.07) is 15.1. The molecule has 0 unspecified atom stereocenters. The summed E-state index contributed by atoms with van der Waals surface area (Å²) in [6.07, 6.45) is 2.81. The molecule has 0 radical (unpaired) electrons. The number of hydrogen-bond acceptors (Lipinski definition) is 4. The predicted molar refractivity (Wildman–Crippen MR) is 136 cm³/mol. The van der Waals surface area contributed by atoms with E-state index in [1.165, 1.54) is 5.56 Å². The lowest BCUT2D eigenvalue weighted by molar-refractivity contribution is -0.0509. The molecule has 2 aliphatic rings. The quantitative estimate of drug-likeness (QED) is 0.498. The molecule has 4 rings (SSSR count). The molecule has 1 atom stereocenters. The van der Waals surface area contributed by atoms with Gasteiger partial charge in [-0.25, -0.2) is 4.79 Å². The largest absolute Gasteiger partial charge is 0.434 e. The molecule has 2 aromatic rings. The third-order valence-corrected chi connectivity index (χ3v) is 7.60. The number of hydrogen-bond donors (Lipinski definition) is 1. The first-order valence-electron chi connectivity index (χ1n) is 12.8. The van der Waals surface area contributed by atoms with E-state index in [9.17, 15) is 18.7 Å². The second-order valence-corrected chi connectivity index (χ2v) is 10.5. The maximum Gasteiger partial charge on any atom is 0.387 e. The van der Waals surface area contributed by atoms with Crippen LogP contribution in [0.15, 0.2) is 48.5 Å². The van der Waals surface area contributed by atoms with Crippen molar-refractivity contribution < 1.29 is 23.4 Å². The maximum absolute atomic E-state index is 13.3. The van der Waals surface area contributed by atoms with E-state index in [2.05, 4.69) is 18.7 Å². The van der Waals surface area contributed by atoms with E-state index < -0.39 is 6.61 Å². The highest BCUT2D eigenvalue weighted by atomic mass is 19.3. The van der Waals surface area contributed by atoms with Crippen molar-refractivity contribution in [3.63, 3.8) is 0 Å². The fourth-order valence-electron chi connectivity index (χ4n) is 5.19. The van der Waals surface area contributed by atoms with Crippen LogP contribution < -0.4 is 9.64 Å². The number of likely N-dealkylation sites (tertiary alicyclic amines) is 1. The molecule has 196 valence electrons. The van der Waals surface area contributed by atoms with E-state index in [1.54, 1.807) is 21.9 Å². The minimum absolute atomic E-state index is 0.113. The molecule has 6 nitrogen and oxygen atoms in total. The van der Waals surface area contributed by atoms with Crippen LogP contribution in [0.2, 0.25) is 0 Å². The Morgan fingerprint density at radius 2 is 1.89 bits per heavy atom. The summed E-state index contributed by atoms with van der Waals surface area (Å²) < 4.78 is 31.5. The van der Waals surface area contributed by atoms with Crippen molar-refractivity contribution in [1.82, 2.24) is 9.80 Å². The van der Waals surface area contributed by atoms with Gasteiger partial charge in [0.2, 0.25) is 0 Å². The number of carbonyl (C=O) groups is 1. The Hall–Kier alpha value is -2.71. The molecule has 2 amide bonds. The molecule has 0 saturated carbocycles. The van der Waals surface area contributed by atoms with Crippen molar-refractivity contribution in [1.29, 1.82) is 0 Å². The van der Waals surface area contributed by atoms with Gasteiger partial charge in [0.25, 0.3) is 0 Å². The van der Waals surface area contributed by atoms with Crippen LogP contribution in [0, 0.1) is 11.3 Å². The van der Waals surface area contributed by atoms with Crippen molar-refractivity contribution in [2.45, 2.75) is 46.3 Å². The van der Waals surface area contributed by atoms with Crippen molar-refractivity contribution in [3.05, 3.63) is 59.7 Å². The van der Waals surface area contributed by atoms with Crippen LogP contribution in [0.1, 0.15) is 37.8 Å². The Balaban J connectivity index is 1.45. The number of amides is 2. The third kappa shape index (κ3) is 6.34. The van der Waals surface area contributed by atoms with Crippen LogP contribution in [0.4, 0.5) is 19.3 Å². The van der Waals surface area contributed by atoms with Gasteiger partial charge in [0, 0.05) is 56.6 Å². The highest BCUT2D eigenvalue weighted by Gasteiger charge is 2.33. The first-order valence-corrected chi connectivity index (χ1v) is 12.8. The summed E-state index contributed by atoms with van der Waals surface area (Å²) in [4.78, 5) is 18.7. The molecule has 0 bridgehead atoms. The molecular weight excluding hydrogens is 464 g/mol. The normalized spacial score (nSPS) is 19.4. The van der Waals surface area contributed by atoms with Crippen LogP contribution in [0.25, 0.3) is 0 Å². The number of nitrogens with zero attached hydrogens (tertiary/aromatic N) is 3. The van der Waals surface area contributed by atoms with E-state index in [-0.39, 0.29) is 23.8 Å². The lowest BCUT2D eigenvalue weighted by Crippen LogP contribution is -2.42. The molecule has 1 N–H and O–H groups in total. The monoisotopic (exact) mass is 501 g/mol. The SMILES string of the molecule is CC(C)(CO)[C@H]1CCCN(Cc2ccc(N3CCN(CCc4ccccc4)C3=O)cc2OC(F)F)C1. The molecule has 2 fully saturated rings.